The lowest BCUT2D eigenvalue weighted by molar-refractivity contribution is 0.425. The molecule has 12 heavy (non-hydrogen) atoms. The maximum Gasteiger partial charge on any atom is 0.488 e. The molecule has 0 unspecified atom stereocenters. The van der Waals surface area contributed by atoms with Gasteiger partial charge in [-0.05, 0) is 30.4 Å². The number of aromatic nitrogens is 1. The van der Waals surface area contributed by atoms with Crippen LogP contribution in [0.2, 0.25) is 0 Å². The molecule has 0 radical (unpaired) electrons. The third-order valence-corrected chi connectivity index (χ3v) is 2.10. The quantitative estimate of drug-likeness (QED) is 0.585. The van der Waals surface area contributed by atoms with Crippen molar-refractivity contribution in [1.29, 1.82) is 0 Å². The average molecular weight is 163 g/mol. The van der Waals surface area contributed by atoms with Gasteiger partial charge in [-0.2, -0.15) is 0 Å². The van der Waals surface area contributed by atoms with Gasteiger partial charge in [0.05, 0.1) is 0 Å². The maximum absolute atomic E-state index is 8.88. The van der Waals surface area contributed by atoms with Gasteiger partial charge < -0.3 is 10.0 Å². The van der Waals surface area contributed by atoms with E-state index in [2.05, 4.69) is 4.98 Å². The van der Waals surface area contributed by atoms with Gasteiger partial charge in [-0.1, -0.05) is 0 Å². The van der Waals surface area contributed by atoms with Crippen molar-refractivity contribution >= 4 is 12.6 Å². The smallest absolute Gasteiger partial charge is 0.423 e. The van der Waals surface area contributed by atoms with Crippen LogP contribution in [0.15, 0.2) is 18.3 Å². The van der Waals surface area contributed by atoms with E-state index < -0.39 is 7.12 Å². The Kier molecular flexibility index (Phi) is 1.86. The number of nitrogens with zero attached hydrogens (tertiary/aromatic N) is 1. The van der Waals surface area contributed by atoms with Crippen molar-refractivity contribution in [1.82, 2.24) is 4.98 Å². The van der Waals surface area contributed by atoms with E-state index in [9.17, 15) is 0 Å². The average Bonchev–Trinajstić information content (AvgIpc) is 2.87. The topological polar surface area (TPSA) is 53.4 Å². The second kappa shape index (κ2) is 2.88. The molecule has 1 heterocycles. The third-order valence-electron chi connectivity index (χ3n) is 2.10. The molecule has 0 atom stereocenters. The highest BCUT2D eigenvalue weighted by atomic mass is 16.4. The van der Waals surface area contributed by atoms with Crippen molar-refractivity contribution in [2.75, 3.05) is 0 Å². The minimum atomic E-state index is -1.37. The fourth-order valence-electron chi connectivity index (χ4n) is 1.23. The first-order valence-corrected chi connectivity index (χ1v) is 4.09. The van der Waals surface area contributed by atoms with Gasteiger partial charge in [0.1, 0.15) is 0 Å². The van der Waals surface area contributed by atoms with E-state index in [4.69, 9.17) is 10.0 Å². The molecule has 0 spiro atoms. The zero-order valence-electron chi connectivity index (χ0n) is 6.64. The fourth-order valence-corrected chi connectivity index (χ4v) is 1.23. The van der Waals surface area contributed by atoms with Crippen LogP contribution in [0, 0.1) is 0 Å². The highest BCUT2D eigenvalue weighted by Crippen LogP contribution is 2.38. The minimum absolute atomic E-state index is 0.534. The molecule has 1 aliphatic rings. The summed E-state index contributed by atoms with van der Waals surface area (Å²) in [6.07, 6.45) is 3.98. The molecule has 1 fully saturated rings. The van der Waals surface area contributed by atoms with Crippen molar-refractivity contribution in [2.24, 2.45) is 0 Å². The zero-order valence-corrected chi connectivity index (χ0v) is 6.64. The largest absolute Gasteiger partial charge is 0.488 e. The number of hydrogen-bond acceptors (Lipinski definition) is 3. The summed E-state index contributed by atoms with van der Waals surface area (Å²) in [5, 5.41) is 17.8. The third kappa shape index (κ3) is 1.49. The monoisotopic (exact) mass is 163 g/mol. The summed E-state index contributed by atoms with van der Waals surface area (Å²) < 4.78 is 0. The van der Waals surface area contributed by atoms with Crippen molar-refractivity contribution in [3.63, 3.8) is 0 Å². The van der Waals surface area contributed by atoms with Crippen LogP contribution >= 0.6 is 0 Å². The Bertz CT molecular complexity index is 269. The summed E-state index contributed by atoms with van der Waals surface area (Å²) >= 11 is 0. The van der Waals surface area contributed by atoms with Gasteiger partial charge in [-0.3, -0.25) is 4.98 Å². The van der Waals surface area contributed by atoms with Gasteiger partial charge in [0, 0.05) is 17.8 Å². The molecule has 0 bridgehead atoms. The summed E-state index contributed by atoms with van der Waals surface area (Å²) in [6.45, 7) is 0. The fraction of sp³-hybridized carbons (Fsp3) is 0.375. The predicted molar refractivity (Wildman–Crippen MR) is 46.0 cm³/mol. The van der Waals surface area contributed by atoms with E-state index in [-0.39, 0.29) is 0 Å². The second-order valence-electron chi connectivity index (χ2n) is 3.16. The lowest BCUT2D eigenvalue weighted by Gasteiger charge is -2.00. The molecule has 1 saturated carbocycles. The van der Waals surface area contributed by atoms with Crippen LogP contribution in [0.4, 0.5) is 0 Å². The van der Waals surface area contributed by atoms with E-state index in [1.807, 2.05) is 0 Å². The van der Waals surface area contributed by atoms with E-state index in [1.54, 1.807) is 18.3 Å². The molecule has 2 N–H and O–H groups in total. The van der Waals surface area contributed by atoms with Gasteiger partial charge >= 0.3 is 7.12 Å². The molecule has 0 saturated heterocycles. The number of pyridine rings is 1. The summed E-state index contributed by atoms with van der Waals surface area (Å²) in [6, 6.07) is 3.39. The Balaban J connectivity index is 2.26. The molecule has 1 aromatic rings. The van der Waals surface area contributed by atoms with Crippen LogP contribution in [0.1, 0.15) is 24.5 Å². The number of rotatable bonds is 2. The molecule has 1 aliphatic carbocycles. The Labute approximate surface area is 71.2 Å². The Morgan fingerprint density at radius 2 is 2.17 bits per heavy atom. The summed E-state index contributed by atoms with van der Waals surface area (Å²) in [7, 11) is -1.37. The highest BCUT2D eigenvalue weighted by Gasteiger charge is 2.25. The Hall–Kier alpha value is -0.865. The predicted octanol–water partition coefficient (Wildman–Crippen LogP) is -0.361. The van der Waals surface area contributed by atoms with E-state index in [0.29, 0.717) is 11.4 Å². The maximum atomic E-state index is 8.88. The van der Waals surface area contributed by atoms with Crippen molar-refractivity contribution < 1.29 is 10.0 Å². The van der Waals surface area contributed by atoms with Crippen LogP contribution in [0.25, 0.3) is 0 Å². The molecule has 2 rings (SSSR count). The SMILES string of the molecule is OB(O)c1ccnc(C2CC2)c1. The Morgan fingerprint density at radius 3 is 2.75 bits per heavy atom. The van der Waals surface area contributed by atoms with Gasteiger partial charge in [-0.15, -0.1) is 0 Å². The molecule has 0 aliphatic heterocycles. The van der Waals surface area contributed by atoms with Gasteiger partial charge in [0.25, 0.3) is 0 Å². The van der Waals surface area contributed by atoms with Crippen LogP contribution in [-0.2, 0) is 0 Å². The first kappa shape index (κ1) is 7.77. The lowest BCUT2D eigenvalue weighted by atomic mass is 9.80. The summed E-state index contributed by atoms with van der Waals surface area (Å²) in [5.41, 5.74) is 1.52. The minimum Gasteiger partial charge on any atom is -0.423 e. The first-order chi connectivity index (χ1) is 5.77. The first-order valence-electron chi connectivity index (χ1n) is 4.09. The second-order valence-corrected chi connectivity index (χ2v) is 3.16. The van der Waals surface area contributed by atoms with Gasteiger partial charge in [0.15, 0.2) is 0 Å². The molecular weight excluding hydrogens is 153 g/mol. The van der Waals surface area contributed by atoms with Crippen LogP contribution in [0.5, 0.6) is 0 Å². The molecule has 3 nitrogen and oxygen atoms in total. The van der Waals surface area contributed by atoms with E-state index in [0.717, 1.165) is 5.69 Å². The van der Waals surface area contributed by atoms with Gasteiger partial charge in [-0.25, -0.2) is 0 Å². The van der Waals surface area contributed by atoms with E-state index >= 15 is 0 Å². The standard InChI is InChI=1S/C8H10BNO2/c11-9(12)7-3-4-10-8(5-7)6-1-2-6/h3-6,11-12H,1-2H2. The van der Waals surface area contributed by atoms with Crippen LogP contribution in [0.3, 0.4) is 0 Å². The summed E-state index contributed by atoms with van der Waals surface area (Å²) in [4.78, 5) is 4.16. The van der Waals surface area contributed by atoms with Crippen LogP contribution < -0.4 is 5.46 Å². The highest BCUT2D eigenvalue weighted by molar-refractivity contribution is 6.58. The van der Waals surface area contributed by atoms with E-state index in [1.165, 1.54) is 12.8 Å². The molecule has 0 aromatic carbocycles. The van der Waals surface area contributed by atoms with Crippen LogP contribution in [-0.4, -0.2) is 22.2 Å². The zero-order chi connectivity index (χ0) is 8.55. The Morgan fingerprint density at radius 1 is 1.42 bits per heavy atom. The van der Waals surface area contributed by atoms with Gasteiger partial charge in [0.2, 0.25) is 0 Å². The normalized spacial score (nSPS) is 16.2. The van der Waals surface area contributed by atoms with Crippen molar-refractivity contribution in [3.8, 4) is 0 Å². The summed E-state index contributed by atoms with van der Waals surface area (Å²) in [5.74, 6) is 0.559. The number of hydrogen-bond donors (Lipinski definition) is 2. The molecule has 0 amide bonds. The molecule has 4 heteroatoms. The molecule has 62 valence electrons. The molecular formula is C8H10BNO2. The lowest BCUT2D eigenvalue weighted by Crippen LogP contribution is -2.30. The van der Waals surface area contributed by atoms with Crippen molar-refractivity contribution in [2.45, 2.75) is 18.8 Å². The van der Waals surface area contributed by atoms with Crippen molar-refractivity contribution in [3.05, 3.63) is 24.0 Å². The molecule has 1 aromatic heterocycles.